The van der Waals surface area contributed by atoms with Crippen LogP contribution in [0.4, 0.5) is 0 Å². The summed E-state index contributed by atoms with van der Waals surface area (Å²) in [6, 6.07) is 0. The lowest BCUT2D eigenvalue weighted by molar-refractivity contribution is -0.158. The Labute approximate surface area is 125 Å². The van der Waals surface area contributed by atoms with Crippen molar-refractivity contribution in [1.82, 2.24) is 0 Å². The second kappa shape index (κ2) is 7.78. The number of aliphatic carboxylic acids is 2. The molecular weight excluding hydrogens is 272 g/mol. The van der Waals surface area contributed by atoms with E-state index in [1.54, 1.807) is 0 Å². The van der Waals surface area contributed by atoms with Crippen LogP contribution in [0.5, 0.6) is 0 Å². The number of carboxylic acid groups (broad SMARTS) is 2. The maximum absolute atomic E-state index is 11.2. The Morgan fingerprint density at radius 3 is 2.19 bits per heavy atom. The summed E-state index contributed by atoms with van der Waals surface area (Å²) in [7, 11) is 0. The van der Waals surface area contributed by atoms with Gasteiger partial charge in [-0.15, -0.1) is 0 Å². The molecule has 0 bridgehead atoms. The van der Waals surface area contributed by atoms with Crippen molar-refractivity contribution in [2.24, 2.45) is 17.8 Å². The highest BCUT2D eigenvalue weighted by atomic mass is 16.5. The molecule has 3 atom stereocenters. The Hall–Kier alpha value is -1.10. The topological polar surface area (TPSA) is 83.8 Å². The average molecular weight is 298 g/mol. The van der Waals surface area contributed by atoms with Gasteiger partial charge in [0.1, 0.15) is 0 Å². The van der Waals surface area contributed by atoms with Crippen molar-refractivity contribution in [2.75, 3.05) is 6.61 Å². The molecule has 2 N–H and O–H groups in total. The lowest BCUT2D eigenvalue weighted by Crippen LogP contribution is -2.38. The largest absolute Gasteiger partial charge is 0.481 e. The SMILES string of the molecule is O=C(O)C1CCC(OCCC2CCCCC2)CC1C(=O)O. The summed E-state index contributed by atoms with van der Waals surface area (Å²) in [6.45, 7) is 0.680. The van der Waals surface area contributed by atoms with Crippen LogP contribution in [0.25, 0.3) is 0 Å². The Morgan fingerprint density at radius 2 is 1.57 bits per heavy atom. The van der Waals surface area contributed by atoms with Gasteiger partial charge in [-0.05, 0) is 31.6 Å². The number of hydrogen-bond acceptors (Lipinski definition) is 3. The molecule has 0 heterocycles. The van der Waals surface area contributed by atoms with E-state index in [1.807, 2.05) is 0 Å². The van der Waals surface area contributed by atoms with Crippen molar-refractivity contribution in [3.63, 3.8) is 0 Å². The molecule has 0 aromatic heterocycles. The first-order valence-electron chi connectivity index (χ1n) is 8.15. The van der Waals surface area contributed by atoms with Crippen LogP contribution in [0.15, 0.2) is 0 Å². The zero-order valence-corrected chi connectivity index (χ0v) is 12.5. The zero-order valence-electron chi connectivity index (χ0n) is 12.5. The molecule has 2 aliphatic rings. The van der Waals surface area contributed by atoms with Crippen LogP contribution in [0.3, 0.4) is 0 Å². The minimum absolute atomic E-state index is 0.0923. The van der Waals surface area contributed by atoms with Gasteiger partial charge in [-0.3, -0.25) is 9.59 Å². The fourth-order valence-electron chi connectivity index (χ4n) is 3.73. The summed E-state index contributed by atoms with van der Waals surface area (Å²) in [5, 5.41) is 18.3. The molecule has 0 aromatic rings. The van der Waals surface area contributed by atoms with E-state index < -0.39 is 23.8 Å². The summed E-state index contributed by atoms with van der Waals surface area (Å²) in [6.07, 6.45) is 8.89. The van der Waals surface area contributed by atoms with Crippen LogP contribution in [0, 0.1) is 17.8 Å². The van der Waals surface area contributed by atoms with Crippen LogP contribution in [0.1, 0.15) is 57.8 Å². The van der Waals surface area contributed by atoms with Crippen molar-refractivity contribution < 1.29 is 24.5 Å². The summed E-state index contributed by atoms with van der Waals surface area (Å²) >= 11 is 0. The van der Waals surface area contributed by atoms with Gasteiger partial charge in [0.05, 0.1) is 17.9 Å². The highest BCUT2D eigenvalue weighted by Crippen LogP contribution is 2.33. The standard InChI is InChI=1S/C16H26O5/c17-15(18)13-7-6-12(10-14(13)16(19)20)21-9-8-11-4-2-1-3-5-11/h11-14H,1-10H2,(H,17,18)(H,19,20). The van der Waals surface area contributed by atoms with Crippen LogP contribution >= 0.6 is 0 Å². The molecule has 2 aliphatic carbocycles. The predicted octanol–water partition coefficient (Wildman–Crippen LogP) is 2.93. The van der Waals surface area contributed by atoms with E-state index in [4.69, 9.17) is 9.84 Å². The van der Waals surface area contributed by atoms with Crippen LogP contribution < -0.4 is 0 Å². The van der Waals surface area contributed by atoms with Crippen molar-refractivity contribution in [2.45, 2.75) is 63.9 Å². The van der Waals surface area contributed by atoms with Gasteiger partial charge in [0, 0.05) is 6.61 Å². The van der Waals surface area contributed by atoms with Gasteiger partial charge in [-0.1, -0.05) is 32.1 Å². The first kappa shape index (κ1) is 16.3. The smallest absolute Gasteiger partial charge is 0.307 e. The fourth-order valence-corrected chi connectivity index (χ4v) is 3.73. The van der Waals surface area contributed by atoms with E-state index in [9.17, 15) is 14.7 Å². The maximum atomic E-state index is 11.2. The van der Waals surface area contributed by atoms with E-state index in [-0.39, 0.29) is 6.10 Å². The Bertz CT molecular complexity index is 362. The molecule has 3 unspecified atom stereocenters. The first-order valence-corrected chi connectivity index (χ1v) is 8.15. The molecular formula is C16H26O5. The van der Waals surface area contributed by atoms with Gasteiger partial charge in [-0.25, -0.2) is 0 Å². The van der Waals surface area contributed by atoms with E-state index >= 15 is 0 Å². The number of rotatable bonds is 6. The van der Waals surface area contributed by atoms with E-state index in [0.717, 1.165) is 12.3 Å². The normalized spacial score (nSPS) is 31.0. The van der Waals surface area contributed by atoms with Gasteiger partial charge in [0.25, 0.3) is 0 Å². The lowest BCUT2D eigenvalue weighted by Gasteiger charge is -2.32. The first-order chi connectivity index (χ1) is 10.1. The number of hydrogen-bond donors (Lipinski definition) is 2. The van der Waals surface area contributed by atoms with E-state index in [2.05, 4.69) is 0 Å². The molecule has 0 spiro atoms. The molecule has 2 rings (SSSR count). The van der Waals surface area contributed by atoms with Gasteiger partial charge >= 0.3 is 11.9 Å². The molecule has 5 heteroatoms. The summed E-state index contributed by atoms with van der Waals surface area (Å²) in [5.74, 6) is -2.83. The second-order valence-electron chi connectivity index (χ2n) is 6.49. The van der Waals surface area contributed by atoms with Crippen molar-refractivity contribution in [1.29, 1.82) is 0 Å². The summed E-state index contributed by atoms with van der Waals surface area (Å²) in [4.78, 5) is 22.3. The maximum Gasteiger partial charge on any atom is 0.307 e. The van der Waals surface area contributed by atoms with Crippen LogP contribution in [0.2, 0.25) is 0 Å². The molecule has 0 aromatic carbocycles. The van der Waals surface area contributed by atoms with Crippen molar-refractivity contribution in [3.05, 3.63) is 0 Å². The van der Waals surface area contributed by atoms with Gasteiger partial charge in [-0.2, -0.15) is 0 Å². The Morgan fingerprint density at radius 1 is 0.905 bits per heavy atom. The van der Waals surface area contributed by atoms with E-state index in [1.165, 1.54) is 32.1 Å². The van der Waals surface area contributed by atoms with Crippen molar-refractivity contribution in [3.8, 4) is 0 Å². The van der Waals surface area contributed by atoms with Crippen LogP contribution in [-0.4, -0.2) is 34.9 Å². The lowest BCUT2D eigenvalue weighted by atomic mass is 9.78. The van der Waals surface area contributed by atoms with Gasteiger partial charge < -0.3 is 14.9 Å². The third-order valence-corrected chi connectivity index (χ3v) is 5.04. The molecule has 0 aliphatic heterocycles. The zero-order chi connectivity index (χ0) is 15.2. The molecule has 0 radical (unpaired) electrons. The minimum atomic E-state index is -1.01. The number of ether oxygens (including phenoxy) is 1. The number of carbonyl (C=O) groups is 2. The Balaban J connectivity index is 1.74. The van der Waals surface area contributed by atoms with Crippen molar-refractivity contribution >= 4 is 11.9 Å². The van der Waals surface area contributed by atoms with Gasteiger partial charge in [0.15, 0.2) is 0 Å². The van der Waals surface area contributed by atoms with E-state index in [0.29, 0.717) is 25.9 Å². The number of carboxylic acids is 2. The fraction of sp³-hybridized carbons (Fsp3) is 0.875. The third kappa shape index (κ3) is 4.70. The molecule has 5 nitrogen and oxygen atoms in total. The molecule has 0 saturated heterocycles. The molecule has 0 amide bonds. The highest BCUT2D eigenvalue weighted by molar-refractivity contribution is 5.80. The molecule has 21 heavy (non-hydrogen) atoms. The summed E-state index contributed by atoms with van der Waals surface area (Å²) < 4.78 is 5.84. The predicted molar refractivity (Wildman–Crippen MR) is 77.0 cm³/mol. The minimum Gasteiger partial charge on any atom is -0.481 e. The second-order valence-corrected chi connectivity index (χ2v) is 6.49. The van der Waals surface area contributed by atoms with Crippen LogP contribution in [-0.2, 0) is 14.3 Å². The quantitative estimate of drug-likeness (QED) is 0.787. The average Bonchev–Trinajstić information content (AvgIpc) is 2.48. The third-order valence-electron chi connectivity index (χ3n) is 5.04. The Kier molecular flexibility index (Phi) is 6.03. The molecule has 120 valence electrons. The molecule has 2 fully saturated rings. The van der Waals surface area contributed by atoms with Gasteiger partial charge in [0.2, 0.25) is 0 Å². The monoisotopic (exact) mass is 298 g/mol. The molecule has 2 saturated carbocycles. The summed E-state index contributed by atoms with van der Waals surface area (Å²) in [5.41, 5.74) is 0. The highest BCUT2D eigenvalue weighted by Gasteiger charge is 2.39.